The molecule has 1 unspecified atom stereocenters. The predicted molar refractivity (Wildman–Crippen MR) is 103 cm³/mol. The maximum Gasteiger partial charge on any atom is 0.136 e. The number of likely N-dealkylation sites (N-methyl/N-ethyl adjacent to an activating group) is 1. The predicted octanol–water partition coefficient (Wildman–Crippen LogP) is 5.45. The Kier molecular flexibility index (Phi) is 4.72. The Balaban J connectivity index is 1.61. The standard InChI is InChI=1S/C23H22FNO/c1-2-25-15-20-5-3-4-6-22(20)26-23(16-25)19-9-7-17(8-10-19)18-11-13-21(24)14-12-18/h3-14,23H,2,15-16H2,1H3. The van der Waals surface area contributed by atoms with Crippen LogP contribution in [0.4, 0.5) is 4.39 Å². The van der Waals surface area contributed by atoms with Crippen molar-refractivity contribution in [3.8, 4) is 16.9 Å². The summed E-state index contributed by atoms with van der Waals surface area (Å²) in [6.07, 6.45) is 0.000804. The second-order valence-corrected chi connectivity index (χ2v) is 6.67. The van der Waals surface area contributed by atoms with Crippen molar-refractivity contribution in [2.45, 2.75) is 19.6 Å². The fourth-order valence-electron chi connectivity index (χ4n) is 3.43. The van der Waals surface area contributed by atoms with Crippen molar-refractivity contribution in [2.75, 3.05) is 13.1 Å². The minimum Gasteiger partial charge on any atom is -0.484 e. The van der Waals surface area contributed by atoms with E-state index in [1.54, 1.807) is 0 Å². The molecule has 1 aliphatic heterocycles. The molecule has 26 heavy (non-hydrogen) atoms. The monoisotopic (exact) mass is 347 g/mol. The van der Waals surface area contributed by atoms with Gasteiger partial charge in [0.1, 0.15) is 17.7 Å². The van der Waals surface area contributed by atoms with Gasteiger partial charge in [-0.25, -0.2) is 4.39 Å². The lowest BCUT2D eigenvalue weighted by atomic mass is 10.0. The third kappa shape index (κ3) is 3.49. The van der Waals surface area contributed by atoms with Gasteiger partial charge in [-0.2, -0.15) is 0 Å². The molecule has 0 radical (unpaired) electrons. The lowest BCUT2D eigenvalue weighted by Gasteiger charge is -2.23. The second kappa shape index (κ2) is 7.30. The minimum absolute atomic E-state index is 0.000804. The number of fused-ring (bicyclic) bond motifs is 1. The van der Waals surface area contributed by atoms with Crippen LogP contribution in [0.1, 0.15) is 24.2 Å². The topological polar surface area (TPSA) is 12.5 Å². The van der Waals surface area contributed by atoms with Gasteiger partial charge in [-0.3, -0.25) is 4.90 Å². The smallest absolute Gasteiger partial charge is 0.136 e. The van der Waals surface area contributed by atoms with E-state index in [4.69, 9.17) is 4.74 Å². The maximum atomic E-state index is 13.1. The molecule has 0 bridgehead atoms. The van der Waals surface area contributed by atoms with Crippen LogP contribution in [-0.4, -0.2) is 18.0 Å². The SMILES string of the molecule is CCN1Cc2ccccc2OC(c2ccc(-c3ccc(F)cc3)cc2)C1. The molecule has 4 rings (SSSR count). The van der Waals surface area contributed by atoms with E-state index in [0.717, 1.165) is 42.1 Å². The molecule has 1 aliphatic rings. The van der Waals surface area contributed by atoms with E-state index >= 15 is 0 Å². The summed E-state index contributed by atoms with van der Waals surface area (Å²) in [5.74, 6) is 0.756. The Labute approximate surface area is 153 Å². The summed E-state index contributed by atoms with van der Waals surface area (Å²) in [5.41, 5.74) is 4.49. The zero-order chi connectivity index (χ0) is 17.9. The molecule has 1 atom stereocenters. The van der Waals surface area contributed by atoms with Gasteiger partial charge >= 0.3 is 0 Å². The molecule has 3 heteroatoms. The van der Waals surface area contributed by atoms with Crippen molar-refractivity contribution in [1.82, 2.24) is 4.90 Å². The van der Waals surface area contributed by atoms with Gasteiger partial charge in [-0.1, -0.05) is 61.5 Å². The van der Waals surface area contributed by atoms with Gasteiger partial charge in [-0.15, -0.1) is 0 Å². The van der Waals surface area contributed by atoms with E-state index in [-0.39, 0.29) is 11.9 Å². The number of ether oxygens (including phenoxy) is 1. The molecular weight excluding hydrogens is 325 g/mol. The molecule has 0 aromatic heterocycles. The molecule has 0 amide bonds. The number of hydrogen-bond donors (Lipinski definition) is 0. The van der Waals surface area contributed by atoms with Crippen molar-refractivity contribution >= 4 is 0 Å². The summed E-state index contributed by atoms with van der Waals surface area (Å²) in [7, 11) is 0. The fourth-order valence-corrected chi connectivity index (χ4v) is 3.43. The molecule has 3 aromatic carbocycles. The second-order valence-electron chi connectivity index (χ2n) is 6.67. The molecular formula is C23H22FNO. The highest BCUT2D eigenvalue weighted by Gasteiger charge is 2.23. The summed E-state index contributed by atoms with van der Waals surface area (Å²) in [4.78, 5) is 2.41. The molecule has 0 aliphatic carbocycles. The highest BCUT2D eigenvalue weighted by molar-refractivity contribution is 5.63. The number of hydrogen-bond acceptors (Lipinski definition) is 2. The van der Waals surface area contributed by atoms with E-state index in [2.05, 4.69) is 48.2 Å². The van der Waals surface area contributed by atoms with Gasteiger partial charge in [-0.05, 0) is 41.4 Å². The zero-order valence-corrected chi connectivity index (χ0v) is 14.9. The lowest BCUT2D eigenvalue weighted by Crippen LogP contribution is -2.27. The Morgan fingerprint density at radius 1 is 0.923 bits per heavy atom. The van der Waals surface area contributed by atoms with E-state index in [0.29, 0.717) is 0 Å². The van der Waals surface area contributed by atoms with Crippen LogP contribution in [0.5, 0.6) is 5.75 Å². The van der Waals surface area contributed by atoms with Crippen molar-refractivity contribution < 1.29 is 9.13 Å². The molecule has 3 aromatic rings. The third-order valence-electron chi connectivity index (χ3n) is 4.97. The van der Waals surface area contributed by atoms with Gasteiger partial charge < -0.3 is 4.74 Å². The van der Waals surface area contributed by atoms with Crippen LogP contribution in [0.3, 0.4) is 0 Å². The molecule has 132 valence electrons. The van der Waals surface area contributed by atoms with Gasteiger partial charge in [0.25, 0.3) is 0 Å². The Morgan fingerprint density at radius 2 is 1.58 bits per heavy atom. The van der Waals surface area contributed by atoms with Crippen molar-refractivity contribution in [1.29, 1.82) is 0 Å². The van der Waals surface area contributed by atoms with Crippen LogP contribution in [0.2, 0.25) is 0 Å². The van der Waals surface area contributed by atoms with Crippen LogP contribution in [-0.2, 0) is 6.54 Å². The number of nitrogens with zero attached hydrogens (tertiary/aromatic N) is 1. The number of halogens is 1. The normalized spacial score (nSPS) is 17.2. The summed E-state index contributed by atoms with van der Waals surface area (Å²) < 4.78 is 19.5. The Morgan fingerprint density at radius 3 is 2.27 bits per heavy atom. The largest absolute Gasteiger partial charge is 0.484 e. The van der Waals surface area contributed by atoms with Gasteiger partial charge in [0.15, 0.2) is 0 Å². The first-order valence-corrected chi connectivity index (χ1v) is 9.06. The zero-order valence-electron chi connectivity index (χ0n) is 14.9. The average Bonchev–Trinajstić information content (AvgIpc) is 2.88. The molecule has 0 saturated heterocycles. The Bertz CT molecular complexity index is 873. The van der Waals surface area contributed by atoms with Gasteiger partial charge in [0, 0.05) is 18.7 Å². The Hall–Kier alpha value is -2.65. The summed E-state index contributed by atoms with van der Waals surface area (Å²) in [5, 5.41) is 0. The first-order valence-electron chi connectivity index (χ1n) is 9.06. The maximum absolute atomic E-state index is 13.1. The summed E-state index contributed by atoms with van der Waals surface area (Å²) in [6, 6.07) is 23.3. The summed E-state index contributed by atoms with van der Waals surface area (Å²) >= 11 is 0. The van der Waals surface area contributed by atoms with Crippen LogP contribution >= 0.6 is 0 Å². The number of para-hydroxylation sites is 1. The average molecular weight is 347 g/mol. The highest BCUT2D eigenvalue weighted by Crippen LogP contribution is 2.32. The van der Waals surface area contributed by atoms with Gasteiger partial charge in [0.05, 0.1) is 0 Å². The molecule has 2 nitrogen and oxygen atoms in total. The van der Waals surface area contributed by atoms with Crippen LogP contribution in [0.25, 0.3) is 11.1 Å². The number of benzene rings is 3. The molecule has 0 spiro atoms. The van der Waals surface area contributed by atoms with Crippen molar-refractivity contribution in [3.05, 3.63) is 89.7 Å². The van der Waals surface area contributed by atoms with Crippen molar-refractivity contribution in [3.63, 3.8) is 0 Å². The molecule has 0 saturated carbocycles. The first-order chi connectivity index (χ1) is 12.7. The van der Waals surface area contributed by atoms with E-state index in [1.165, 1.54) is 17.7 Å². The van der Waals surface area contributed by atoms with Gasteiger partial charge in [0.2, 0.25) is 0 Å². The van der Waals surface area contributed by atoms with E-state index in [9.17, 15) is 4.39 Å². The minimum atomic E-state index is -0.212. The van der Waals surface area contributed by atoms with E-state index in [1.807, 2.05) is 24.3 Å². The van der Waals surface area contributed by atoms with Crippen LogP contribution in [0.15, 0.2) is 72.8 Å². The first kappa shape index (κ1) is 16.8. The van der Waals surface area contributed by atoms with E-state index < -0.39 is 0 Å². The summed E-state index contributed by atoms with van der Waals surface area (Å²) in [6.45, 7) is 4.95. The molecule has 1 heterocycles. The quantitative estimate of drug-likeness (QED) is 0.625. The van der Waals surface area contributed by atoms with Crippen LogP contribution in [0, 0.1) is 5.82 Å². The highest BCUT2D eigenvalue weighted by atomic mass is 19.1. The van der Waals surface area contributed by atoms with Crippen molar-refractivity contribution in [2.24, 2.45) is 0 Å². The third-order valence-corrected chi connectivity index (χ3v) is 4.97. The van der Waals surface area contributed by atoms with Crippen LogP contribution < -0.4 is 4.74 Å². The molecule has 0 N–H and O–H groups in total. The lowest BCUT2D eigenvalue weighted by molar-refractivity contribution is 0.152. The fraction of sp³-hybridized carbons (Fsp3) is 0.217. The molecule has 0 fully saturated rings. The number of rotatable bonds is 3.